The van der Waals surface area contributed by atoms with E-state index in [0.717, 1.165) is 44.5 Å². The summed E-state index contributed by atoms with van der Waals surface area (Å²) in [5.41, 5.74) is -2.65. The number of carbonyl (C=O) groups is 2. The summed E-state index contributed by atoms with van der Waals surface area (Å²) in [4.78, 5) is 24.7. The van der Waals surface area contributed by atoms with E-state index >= 15 is 0 Å². The van der Waals surface area contributed by atoms with Gasteiger partial charge in [-0.3, -0.25) is 9.59 Å². The van der Waals surface area contributed by atoms with Crippen LogP contribution in [0.3, 0.4) is 0 Å². The fourth-order valence-corrected chi connectivity index (χ4v) is 6.52. The number of alkyl halides is 3. The monoisotopic (exact) mass is 482 g/mol. The second-order valence-corrected chi connectivity index (χ2v) is 10.9. The third-order valence-electron chi connectivity index (χ3n) is 7.76. The Kier molecular flexibility index (Phi) is 6.33. The average molecular weight is 483 g/mol. The molecule has 0 saturated heterocycles. The predicted octanol–water partition coefficient (Wildman–Crippen LogP) is 3.59. The lowest BCUT2D eigenvalue weighted by atomic mass is 9.48. The van der Waals surface area contributed by atoms with Crippen molar-refractivity contribution in [2.45, 2.75) is 77.1 Å². The molecule has 4 saturated carbocycles. The van der Waals surface area contributed by atoms with Crippen LogP contribution in [0.5, 0.6) is 0 Å². The highest BCUT2D eigenvalue weighted by atomic mass is 19.4. The highest BCUT2D eigenvalue weighted by Gasteiger charge is 2.55. The summed E-state index contributed by atoms with van der Waals surface area (Å²) >= 11 is 0. The van der Waals surface area contributed by atoms with Crippen LogP contribution in [0.15, 0.2) is 12.3 Å². The van der Waals surface area contributed by atoms with E-state index in [0.29, 0.717) is 10.6 Å². The van der Waals surface area contributed by atoms with Gasteiger partial charge in [-0.25, -0.2) is 4.68 Å². The number of aromatic nitrogens is 2. The quantitative estimate of drug-likeness (QED) is 0.553. The number of halogens is 3. The lowest BCUT2D eigenvalue weighted by Crippen LogP contribution is -2.60. The van der Waals surface area contributed by atoms with E-state index in [1.165, 1.54) is 6.08 Å². The number of rotatable bonds is 7. The largest absolute Gasteiger partial charge is 0.434 e. The van der Waals surface area contributed by atoms with Crippen LogP contribution in [0, 0.1) is 23.2 Å². The third kappa shape index (κ3) is 4.74. The first-order valence-corrected chi connectivity index (χ1v) is 11.9. The zero-order valence-corrected chi connectivity index (χ0v) is 19.8. The Hall–Kier alpha value is -2.36. The minimum absolute atomic E-state index is 0.0927. The Balaban J connectivity index is 1.54. The van der Waals surface area contributed by atoms with Gasteiger partial charge in [-0.2, -0.15) is 18.3 Å². The van der Waals surface area contributed by atoms with Gasteiger partial charge >= 0.3 is 6.18 Å². The van der Waals surface area contributed by atoms with Gasteiger partial charge in [-0.1, -0.05) is 6.92 Å². The normalized spacial score (nSPS) is 30.7. The first-order valence-electron chi connectivity index (χ1n) is 11.9. The van der Waals surface area contributed by atoms with Crippen LogP contribution < -0.4 is 10.6 Å². The van der Waals surface area contributed by atoms with Crippen molar-refractivity contribution in [3.05, 3.63) is 23.5 Å². The molecule has 0 aliphatic heterocycles. The maximum absolute atomic E-state index is 14.0. The topological polar surface area (TPSA) is 96.2 Å². The summed E-state index contributed by atoms with van der Waals surface area (Å²) in [7, 11) is 0. The molecule has 4 bridgehead atoms. The van der Waals surface area contributed by atoms with Crippen molar-refractivity contribution < 1.29 is 27.9 Å². The number of hydrogen-bond donors (Lipinski definition) is 3. The molecule has 3 N–H and O–H groups in total. The summed E-state index contributed by atoms with van der Waals surface area (Å²) in [6.45, 7) is 5.13. The summed E-state index contributed by atoms with van der Waals surface area (Å²) in [5, 5.41) is 19.3. The van der Waals surface area contributed by atoms with E-state index in [1.807, 2.05) is 0 Å². The van der Waals surface area contributed by atoms with Gasteiger partial charge in [0, 0.05) is 25.3 Å². The SMILES string of the molecule is CCC(=O)NC(C)(C)C=Cn1ncc(C(=O)NC2C3CC4CC2CC(CO)(C4)C3)c1C(F)(F)F. The molecule has 0 radical (unpaired) electrons. The lowest BCUT2D eigenvalue weighted by molar-refractivity contribution is -0.143. The van der Waals surface area contributed by atoms with Crippen LogP contribution >= 0.6 is 0 Å². The van der Waals surface area contributed by atoms with Crippen molar-refractivity contribution in [2.24, 2.45) is 23.2 Å². The second kappa shape index (κ2) is 8.70. The molecule has 1 heterocycles. The zero-order chi connectivity index (χ0) is 24.9. The van der Waals surface area contributed by atoms with Crippen molar-refractivity contribution in [1.82, 2.24) is 20.4 Å². The summed E-state index contributed by atoms with van der Waals surface area (Å²) in [6, 6.07) is -0.188. The van der Waals surface area contributed by atoms with Crippen molar-refractivity contribution >= 4 is 18.0 Å². The third-order valence-corrected chi connectivity index (χ3v) is 7.76. The first kappa shape index (κ1) is 24.8. The zero-order valence-electron chi connectivity index (χ0n) is 19.8. The summed E-state index contributed by atoms with van der Waals surface area (Å²) in [5.74, 6) is -0.136. The number of nitrogens with zero attached hydrogens (tertiary/aromatic N) is 2. The average Bonchev–Trinajstić information content (AvgIpc) is 3.19. The minimum Gasteiger partial charge on any atom is -0.396 e. The molecular formula is C24H33F3N4O3. The summed E-state index contributed by atoms with van der Waals surface area (Å²) in [6.07, 6.45) is 3.43. The van der Waals surface area contributed by atoms with E-state index in [9.17, 15) is 27.9 Å². The van der Waals surface area contributed by atoms with E-state index in [1.54, 1.807) is 20.8 Å². The molecule has 188 valence electrons. The molecule has 4 fully saturated rings. The summed E-state index contributed by atoms with van der Waals surface area (Å²) < 4.78 is 42.6. The van der Waals surface area contributed by atoms with Crippen molar-refractivity contribution in [3.63, 3.8) is 0 Å². The van der Waals surface area contributed by atoms with Gasteiger partial charge in [-0.05, 0) is 75.2 Å². The van der Waals surface area contributed by atoms with Crippen molar-refractivity contribution in [3.8, 4) is 0 Å². The Morgan fingerprint density at radius 2 is 1.88 bits per heavy atom. The number of aliphatic hydroxyl groups is 1. The van der Waals surface area contributed by atoms with Gasteiger partial charge in [0.1, 0.15) is 0 Å². The van der Waals surface area contributed by atoms with Gasteiger partial charge < -0.3 is 15.7 Å². The highest BCUT2D eigenvalue weighted by molar-refractivity contribution is 5.95. The second-order valence-electron chi connectivity index (χ2n) is 10.9. The maximum Gasteiger partial charge on any atom is 0.434 e. The molecule has 10 heteroatoms. The van der Waals surface area contributed by atoms with Gasteiger partial charge in [0.25, 0.3) is 5.91 Å². The Labute approximate surface area is 197 Å². The van der Waals surface area contributed by atoms with Gasteiger partial charge in [0.2, 0.25) is 5.91 Å². The fraction of sp³-hybridized carbons (Fsp3) is 0.708. The molecule has 7 nitrogen and oxygen atoms in total. The molecular weight excluding hydrogens is 449 g/mol. The molecule has 34 heavy (non-hydrogen) atoms. The Bertz CT molecular complexity index is 969. The van der Waals surface area contributed by atoms with Crippen LogP contribution in [0.4, 0.5) is 13.2 Å². The molecule has 5 rings (SSSR count). The fourth-order valence-electron chi connectivity index (χ4n) is 6.52. The highest BCUT2D eigenvalue weighted by Crippen LogP contribution is 2.59. The predicted molar refractivity (Wildman–Crippen MR) is 119 cm³/mol. The molecule has 0 aromatic carbocycles. The number of hydrogen-bond acceptors (Lipinski definition) is 4. The standard InChI is InChI=1S/C24H33F3N4O3/c1-4-18(33)30-22(2,3)5-6-31-20(24(25,26)27)17(12-28-31)21(34)29-19-15-7-14-8-16(19)11-23(9-14,10-15)13-32/h5-6,12,14-16,19,32H,4,7-11,13H2,1-3H3,(H,29,34)(H,30,33). The van der Waals surface area contributed by atoms with E-state index in [2.05, 4.69) is 15.7 Å². The number of aliphatic hydroxyl groups excluding tert-OH is 1. The smallest absolute Gasteiger partial charge is 0.396 e. The van der Waals surface area contributed by atoms with E-state index in [4.69, 9.17) is 0 Å². The van der Waals surface area contributed by atoms with Gasteiger partial charge in [0.15, 0.2) is 5.69 Å². The van der Waals surface area contributed by atoms with Crippen molar-refractivity contribution in [1.29, 1.82) is 0 Å². The number of carbonyl (C=O) groups excluding carboxylic acids is 2. The van der Waals surface area contributed by atoms with Gasteiger partial charge in [0.05, 0.1) is 17.3 Å². The molecule has 1 aromatic heterocycles. The molecule has 4 aliphatic carbocycles. The van der Waals surface area contributed by atoms with Crippen molar-refractivity contribution in [2.75, 3.05) is 6.61 Å². The van der Waals surface area contributed by atoms with Crippen LogP contribution in [0.2, 0.25) is 0 Å². The van der Waals surface area contributed by atoms with Crippen LogP contribution in [0.25, 0.3) is 6.20 Å². The minimum atomic E-state index is -4.80. The van der Waals surface area contributed by atoms with E-state index in [-0.39, 0.29) is 42.2 Å². The maximum atomic E-state index is 14.0. The molecule has 2 atom stereocenters. The molecule has 4 aliphatic rings. The number of nitrogens with one attached hydrogen (secondary N) is 2. The Morgan fingerprint density at radius 1 is 1.24 bits per heavy atom. The molecule has 2 amide bonds. The van der Waals surface area contributed by atoms with E-state index < -0.39 is 28.9 Å². The van der Waals surface area contributed by atoms with Crippen LogP contribution in [-0.4, -0.2) is 44.9 Å². The first-order chi connectivity index (χ1) is 15.9. The van der Waals surface area contributed by atoms with Crippen LogP contribution in [-0.2, 0) is 11.0 Å². The lowest BCUT2D eigenvalue weighted by Gasteiger charge is -2.59. The molecule has 1 aromatic rings. The number of amides is 2. The Morgan fingerprint density at radius 3 is 2.44 bits per heavy atom. The molecule has 2 unspecified atom stereocenters. The van der Waals surface area contributed by atoms with Gasteiger partial charge in [-0.15, -0.1) is 0 Å². The van der Waals surface area contributed by atoms with Crippen LogP contribution in [0.1, 0.15) is 75.3 Å². The molecule has 0 spiro atoms.